The summed E-state index contributed by atoms with van der Waals surface area (Å²) in [6.07, 6.45) is 5.37. The van der Waals surface area contributed by atoms with Crippen LogP contribution in [0.4, 0.5) is 4.79 Å². The summed E-state index contributed by atoms with van der Waals surface area (Å²) in [4.78, 5) is 49.4. The standard InChI is InChI=1S/C46H48BN5O5S/c1-58(43-13-5-12-41-40(43)27-42(50-41)45(54)52-22-18-33(19-23-52)35-9-3-7-31(25-35)29-49)46(55)56-47(57-58)37-14-15-38-36(26-37)10-4-11-39(38)44(53)51-20-16-32(17-21-51)34-8-2-6-30(24-34)28-48/h2-15,24-27,32-33,50H,16-23,28-29,48-49H2,1H3. The number of likely N-dealkylation sites (tertiary alicyclic amines) is 2. The molecule has 9 rings (SSSR count). The van der Waals surface area contributed by atoms with Gasteiger partial charge in [0.25, 0.3) is 11.8 Å². The molecule has 12 heteroatoms. The first-order chi connectivity index (χ1) is 28.2. The van der Waals surface area contributed by atoms with Crippen molar-refractivity contribution in [2.75, 3.05) is 32.4 Å². The number of hydrogen-bond donors (Lipinski definition) is 3. The van der Waals surface area contributed by atoms with E-state index < -0.39 is 22.7 Å². The number of carbonyl (C=O) groups is 3. The summed E-state index contributed by atoms with van der Waals surface area (Å²) in [5.41, 5.74) is 19.2. The van der Waals surface area contributed by atoms with E-state index in [1.54, 1.807) is 6.26 Å². The molecule has 6 aromatic rings. The van der Waals surface area contributed by atoms with E-state index in [-0.39, 0.29) is 11.8 Å². The van der Waals surface area contributed by atoms with Crippen LogP contribution in [-0.4, -0.2) is 71.5 Å². The number of H-pyrrole nitrogens is 1. The summed E-state index contributed by atoms with van der Waals surface area (Å²) in [5, 5.41) is 2.04. The van der Waals surface area contributed by atoms with Crippen molar-refractivity contribution in [1.82, 2.24) is 14.8 Å². The lowest BCUT2D eigenvalue weighted by molar-refractivity contribution is 0.0703. The third-order valence-electron chi connectivity index (χ3n) is 12.4. The Morgan fingerprint density at radius 1 is 0.724 bits per heavy atom. The monoisotopic (exact) mass is 793 g/mol. The molecule has 5 aromatic carbocycles. The van der Waals surface area contributed by atoms with Crippen LogP contribution in [0.15, 0.2) is 114 Å². The Bertz CT molecular complexity index is 2550. The molecular formula is C46H48BN5O5S. The summed E-state index contributed by atoms with van der Waals surface area (Å²) in [7, 11) is -3.49. The van der Waals surface area contributed by atoms with Crippen LogP contribution in [0.25, 0.3) is 21.7 Å². The van der Waals surface area contributed by atoms with Crippen LogP contribution >= 0.6 is 10.3 Å². The second-order valence-corrected chi connectivity index (χ2v) is 18.5. The molecule has 3 saturated heterocycles. The molecule has 4 heterocycles. The topological polar surface area (TPSA) is 144 Å². The highest BCUT2D eigenvalue weighted by atomic mass is 32.3. The fourth-order valence-electron chi connectivity index (χ4n) is 9.02. The zero-order chi connectivity index (χ0) is 40.0. The summed E-state index contributed by atoms with van der Waals surface area (Å²) in [6, 6.07) is 35.9. The SMILES string of the molecule is CS1(c2cccc3[nH]c(C(=O)N4CCC(c5cccc(CN)c5)CC4)cc23)OB(c2ccc3c(C(=O)N4CCC(c5cccc(CN)c5)CC4)cccc3c2)OC1=O. The molecule has 1 unspecified atom stereocenters. The summed E-state index contributed by atoms with van der Waals surface area (Å²) >= 11 is 0. The van der Waals surface area contributed by atoms with Crippen molar-refractivity contribution in [3.8, 4) is 0 Å². The number of carbonyl (C=O) groups excluding carboxylic acids is 3. The lowest BCUT2D eigenvalue weighted by atomic mass is 9.78. The molecule has 3 fully saturated rings. The number of fused-ring (bicyclic) bond motifs is 2. The number of amides is 2. The highest BCUT2D eigenvalue weighted by Gasteiger charge is 2.49. The largest absolute Gasteiger partial charge is 0.576 e. The van der Waals surface area contributed by atoms with Crippen LogP contribution in [0.2, 0.25) is 0 Å². The molecule has 58 heavy (non-hydrogen) atoms. The van der Waals surface area contributed by atoms with Crippen LogP contribution in [-0.2, 0) is 21.8 Å². The average molecular weight is 794 g/mol. The lowest BCUT2D eigenvalue weighted by Gasteiger charge is -2.32. The van der Waals surface area contributed by atoms with Crippen molar-refractivity contribution in [1.29, 1.82) is 0 Å². The maximum Gasteiger partial charge on any atom is 0.576 e. The molecule has 0 bridgehead atoms. The molecule has 10 nitrogen and oxygen atoms in total. The summed E-state index contributed by atoms with van der Waals surface area (Å²) in [6.45, 7) is 3.72. The van der Waals surface area contributed by atoms with Gasteiger partial charge in [-0.3, -0.25) is 9.59 Å². The summed E-state index contributed by atoms with van der Waals surface area (Å²) in [5.74, 6) is 0.750. The fraction of sp³-hybridized carbons (Fsp3) is 0.283. The van der Waals surface area contributed by atoms with Gasteiger partial charge < -0.3 is 35.0 Å². The number of aromatic amines is 1. The minimum Gasteiger partial charge on any atom is -0.496 e. The number of rotatable bonds is 8. The number of nitrogens with two attached hydrogens (primary N) is 2. The highest BCUT2D eigenvalue weighted by Crippen LogP contribution is 2.61. The van der Waals surface area contributed by atoms with Crippen LogP contribution in [0.1, 0.15) is 80.6 Å². The van der Waals surface area contributed by atoms with Gasteiger partial charge in [0.05, 0.1) is 0 Å². The number of benzene rings is 5. The predicted molar refractivity (Wildman–Crippen MR) is 231 cm³/mol. The highest BCUT2D eigenvalue weighted by molar-refractivity contribution is 8.42. The molecule has 0 aliphatic carbocycles. The molecule has 0 spiro atoms. The average Bonchev–Trinajstić information content (AvgIpc) is 3.86. The molecule has 0 radical (unpaired) electrons. The van der Waals surface area contributed by atoms with E-state index >= 15 is 0 Å². The molecule has 296 valence electrons. The third-order valence-corrected chi connectivity index (χ3v) is 14.9. The zero-order valence-corrected chi connectivity index (χ0v) is 33.5. The minimum atomic E-state index is -2.57. The second-order valence-electron chi connectivity index (χ2n) is 15.9. The van der Waals surface area contributed by atoms with Crippen LogP contribution in [0.5, 0.6) is 0 Å². The van der Waals surface area contributed by atoms with Crippen molar-refractivity contribution >= 4 is 61.7 Å². The molecule has 3 aliphatic heterocycles. The van der Waals surface area contributed by atoms with Gasteiger partial charge in [-0.05, 0) is 111 Å². The third kappa shape index (κ3) is 7.08. The number of nitrogens with zero attached hydrogens (tertiary/aromatic N) is 2. The normalized spacial score (nSPS) is 20.4. The van der Waals surface area contributed by atoms with Crippen LogP contribution in [0, 0.1) is 0 Å². The molecule has 3 aliphatic rings. The van der Waals surface area contributed by atoms with Gasteiger partial charge in [0.1, 0.15) is 5.69 Å². The maximum absolute atomic E-state index is 13.9. The Morgan fingerprint density at radius 2 is 1.33 bits per heavy atom. The van der Waals surface area contributed by atoms with E-state index in [4.69, 9.17) is 20.2 Å². The first-order valence-corrected chi connectivity index (χ1v) is 22.2. The molecular weight excluding hydrogens is 745 g/mol. The Labute approximate surface area is 340 Å². The Kier molecular flexibility index (Phi) is 10.4. The van der Waals surface area contributed by atoms with Gasteiger partial charge in [-0.15, -0.1) is 0 Å². The van der Waals surface area contributed by atoms with Gasteiger partial charge >= 0.3 is 12.4 Å². The number of piperidine rings is 2. The van der Waals surface area contributed by atoms with Gasteiger partial charge in [-0.1, -0.05) is 84.9 Å². The van der Waals surface area contributed by atoms with Gasteiger partial charge in [0.2, 0.25) is 0 Å². The van der Waals surface area contributed by atoms with Gasteiger partial charge in [0, 0.05) is 66.9 Å². The lowest BCUT2D eigenvalue weighted by Crippen LogP contribution is -2.38. The van der Waals surface area contributed by atoms with E-state index in [0.717, 1.165) is 58.5 Å². The molecule has 1 atom stereocenters. The summed E-state index contributed by atoms with van der Waals surface area (Å²) < 4.78 is 12.6. The maximum atomic E-state index is 13.9. The molecule has 1 aromatic heterocycles. The van der Waals surface area contributed by atoms with E-state index in [1.165, 1.54) is 11.1 Å². The van der Waals surface area contributed by atoms with Gasteiger partial charge in [-0.25, -0.2) is 4.79 Å². The Morgan fingerprint density at radius 3 is 1.97 bits per heavy atom. The Balaban J connectivity index is 0.891. The fourth-order valence-corrected chi connectivity index (χ4v) is 11.1. The number of hydrogen-bond acceptors (Lipinski definition) is 7. The minimum absolute atomic E-state index is 0.0172. The van der Waals surface area contributed by atoms with Gasteiger partial charge in [0.15, 0.2) is 0 Å². The smallest absolute Gasteiger partial charge is 0.496 e. The quantitative estimate of drug-likeness (QED) is 0.135. The van der Waals surface area contributed by atoms with E-state index in [0.29, 0.717) is 72.7 Å². The van der Waals surface area contributed by atoms with E-state index in [1.807, 2.05) is 76.5 Å². The number of nitrogens with one attached hydrogen (secondary N) is 1. The van der Waals surface area contributed by atoms with E-state index in [2.05, 4.69) is 47.4 Å². The zero-order valence-electron chi connectivity index (χ0n) is 32.7. The first-order valence-electron chi connectivity index (χ1n) is 20.2. The predicted octanol–water partition coefficient (Wildman–Crippen LogP) is 7.55. The van der Waals surface area contributed by atoms with Crippen molar-refractivity contribution in [2.24, 2.45) is 11.5 Å². The van der Waals surface area contributed by atoms with Crippen molar-refractivity contribution in [2.45, 2.75) is 55.5 Å². The molecule has 0 saturated carbocycles. The van der Waals surface area contributed by atoms with Crippen LogP contribution < -0.4 is 16.9 Å². The van der Waals surface area contributed by atoms with Crippen molar-refractivity contribution < 1.29 is 23.1 Å². The molecule has 5 N–H and O–H groups in total. The van der Waals surface area contributed by atoms with Crippen molar-refractivity contribution in [3.05, 3.63) is 143 Å². The van der Waals surface area contributed by atoms with Crippen molar-refractivity contribution in [3.63, 3.8) is 0 Å². The first kappa shape index (κ1) is 38.1. The second kappa shape index (κ2) is 15.7. The van der Waals surface area contributed by atoms with Crippen LogP contribution in [0.3, 0.4) is 0 Å². The van der Waals surface area contributed by atoms with Gasteiger partial charge in [-0.2, -0.15) is 0 Å². The van der Waals surface area contributed by atoms with E-state index in [9.17, 15) is 14.4 Å². The Hall–Kier alpha value is -5.40. The molecule has 2 amide bonds. The number of aromatic nitrogens is 1.